The molecule has 3 aliphatic heterocycles. The van der Waals surface area contributed by atoms with Crippen LogP contribution in [0.15, 0.2) is 46.6 Å². The van der Waals surface area contributed by atoms with Gasteiger partial charge >= 0.3 is 5.97 Å². The molecule has 29 heavy (non-hydrogen) atoms. The summed E-state index contributed by atoms with van der Waals surface area (Å²) in [7, 11) is -2.09. The summed E-state index contributed by atoms with van der Waals surface area (Å²) in [5, 5.41) is 12.0. The minimum atomic E-state index is -2.09. The molecule has 1 aliphatic carbocycles. The molecule has 2 saturated heterocycles. The predicted octanol–water partition coefficient (Wildman–Crippen LogP) is 3.03. The Labute approximate surface area is 172 Å². The number of hydrogen-bond acceptors (Lipinski definition) is 3. The maximum atomic E-state index is 11.2. The Bertz CT molecular complexity index is 997. The Morgan fingerprint density at radius 2 is 2.07 bits per heavy atom. The van der Waals surface area contributed by atoms with Gasteiger partial charge in [-0.15, -0.1) is 0 Å². The summed E-state index contributed by atoms with van der Waals surface area (Å²) >= 11 is 0. The van der Waals surface area contributed by atoms with Crippen LogP contribution in [0.1, 0.15) is 25.7 Å². The number of benzene rings is 1. The van der Waals surface area contributed by atoms with Crippen molar-refractivity contribution in [1.82, 2.24) is 0 Å². The minimum absolute atomic E-state index is 0.238. The molecule has 1 unspecified atom stereocenters. The summed E-state index contributed by atoms with van der Waals surface area (Å²) < 4.78 is 2.43. The molecule has 1 aromatic carbocycles. The molecule has 5 rings (SSSR count). The van der Waals surface area contributed by atoms with E-state index in [4.69, 9.17) is 4.99 Å². The van der Waals surface area contributed by atoms with Crippen molar-refractivity contribution < 1.29 is 14.5 Å². The van der Waals surface area contributed by atoms with Crippen LogP contribution < -0.4 is 10.1 Å². The van der Waals surface area contributed by atoms with Gasteiger partial charge in [0.2, 0.25) is 0 Å². The van der Waals surface area contributed by atoms with Gasteiger partial charge < -0.3 is 10.0 Å². The van der Waals surface area contributed by atoms with E-state index in [1.54, 1.807) is 0 Å². The molecule has 0 bridgehead atoms. The van der Waals surface area contributed by atoms with E-state index in [1.807, 2.05) is 0 Å². The first-order valence-electron chi connectivity index (χ1n) is 10.8. The molecule has 1 atom stereocenters. The zero-order valence-corrected chi connectivity index (χ0v) is 18.0. The summed E-state index contributed by atoms with van der Waals surface area (Å²) in [6.45, 7) is 6.93. The number of carbonyl (C=O) groups is 1. The molecule has 1 N–H and O–H groups in total. The molecule has 5 nitrogen and oxygen atoms in total. The molecular formula is C23H28N3O2Si+. The molecule has 2 fully saturated rings. The standard InChI is InChI=1S/C23H27N3O2Si/c1-29(14-2-5-23(27)28)21-15-17(25-10-3-11-25)6-8-19(21)24-20-9-7-18(16-22(20)29)26-12-4-13-26/h6-9,15-16H,2-5,10-14H2,1H3/p+1. The number of rotatable bonds is 5. The lowest BCUT2D eigenvalue weighted by atomic mass is 10.1. The van der Waals surface area contributed by atoms with Crippen LogP contribution >= 0.6 is 0 Å². The molecular weight excluding hydrogens is 378 g/mol. The topological polar surface area (TPSA) is 55.9 Å². The fraction of sp³-hybridized carbons (Fsp3) is 0.435. The first-order valence-corrected chi connectivity index (χ1v) is 13.5. The maximum absolute atomic E-state index is 11.2. The number of carboxylic acid groups (broad SMARTS) is 1. The van der Waals surface area contributed by atoms with Crippen LogP contribution in [0.25, 0.3) is 0 Å². The third-order valence-electron chi connectivity index (χ3n) is 6.90. The number of nitrogens with zero attached hydrogens (tertiary/aromatic N) is 3. The highest BCUT2D eigenvalue weighted by Gasteiger charge is 2.42. The lowest BCUT2D eigenvalue weighted by molar-refractivity contribution is -0.582. The second-order valence-corrected chi connectivity index (χ2v) is 13.0. The number of hydrogen-bond donors (Lipinski definition) is 1. The van der Waals surface area contributed by atoms with Crippen molar-refractivity contribution in [3.63, 3.8) is 0 Å². The Balaban J connectivity index is 1.60. The third-order valence-corrected chi connectivity index (χ3v) is 11.4. The maximum Gasteiger partial charge on any atom is 0.303 e. The normalized spacial score (nSPS) is 24.8. The van der Waals surface area contributed by atoms with Gasteiger partial charge in [-0.3, -0.25) is 4.79 Å². The van der Waals surface area contributed by atoms with E-state index in [0.29, 0.717) is 0 Å². The van der Waals surface area contributed by atoms with E-state index in [0.717, 1.165) is 50.0 Å². The number of aliphatic carboxylic acids is 1. The van der Waals surface area contributed by atoms with Crippen LogP contribution in [0.2, 0.25) is 12.6 Å². The van der Waals surface area contributed by atoms with Gasteiger partial charge in [0.05, 0.1) is 17.8 Å². The van der Waals surface area contributed by atoms with Gasteiger partial charge in [0, 0.05) is 37.3 Å². The second kappa shape index (κ2) is 7.09. The summed E-state index contributed by atoms with van der Waals surface area (Å²) in [4.78, 5) is 18.6. The lowest BCUT2D eigenvalue weighted by Gasteiger charge is -2.39. The van der Waals surface area contributed by atoms with Crippen LogP contribution in [0.3, 0.4) is 0 Å². The first-order chi connectivity index (χ1) is 14.0. The summed E-state index contributed by atoms with van der Waals surface area (Å²) in [6, 6.07) is 7.69. The number of anilines is 1. The predicted molar refractivity (Wildman–Crippen MR) is 120 cm³/mol. The number of aliphatic imine (C=N–C) groups is 1. The van der Waals surface area contributed by atoms with Crippen molar-refractivity contribution in [2.24, 2.45) is 4.99 Å². The number of fused-ring (bicyclic) bond motifs is 2. The quantitative estimate of drug-likeness (QED) is 0.465. The van der Waals surface area contributed by atoms with Crippen LogP contribution in [0.4, 0.5) is 11.4 Å². The Kier molecular flexibility index (Phi) is 4.54. The van der Waals surface area contributed by atoms with E-state index in [-0.39, 0.29) is 6.42 Å². The monoisotopic (exact) mass is 406 g/mol. The number of carboxylic acids is 1. The zero-order chi connectivity index (χ0) is 20.0. The average molecular weight is 407 g/mol. The zero-order valence-electron chi connectivity index (χ0n) is 17.0. The van der Waals surface area contributed by atoms with Crippen molar-refractivity contribution in [2.45, 2.75) is 38.3 Å². The van der Waals surface area contributed by atoms with Gasteiger partial charge in [0.25, 0.3) is 0 Å². The molecule has 0 radical (unpaired) electrons. The average Bonchev–Trinajstić information content (AvgIpc) is 2.60. The Morgan fingerprint density at radius 3 is 2.72 bits per heavy atom. The molecule has 0 amide bonds. The van der Waals surface area contributed by atoms with Gasteiger partial charge in [-0.05, 0) is 53.5 Å². The van der Waals surface area contributed by atoms with Crippen molar-refractivity contribution in [1.29, 1.82) is 0 Å². The van der Waals surface area contributed by atoms with Crippen molar-refractivity contribution in [3.05, 3.63) is 41.6 Å². The van der Waals surface area contributed by atoms with E-state index < -0.39 is 14.0 Å². The fourth-order valence-electron chi connectivity index (χ4n) is 4.81. The fourth-order valence-corrected chi connectivity index (χ4v) is 8.86. The second-order valence-electron chi connectivity index (χ2n) is 8.78. The highest BCUT2D eigenvalue weighted by atomic mass is 28.3. The molecule has 0 spiro atoms. The van der Waals surface area contributed by atoms with Crippen LogP contribution in [0.5, 0.6) is 0 Å². The third kappa shape index (κ3) is 3.19. The van der Waals surface area contributed by atoms with Crippen molar-refractivity contribution in [3.8, 4) is 0 Å². The molecule has 0 aromatic heterocycles. The van der Waals surface area contributed by atoms with E-state index in [1.165, 1.54) is 34.6 Å². The highest BCUT2D eigenvalue weighted by Crippen LogP contribution is 2.36. The van der Waals surface area contributed by atoms with E-state index in [2.05, 4.69) is 52.4 Å². The lowest BCUT2D eigenvalue weighted by Crippen LogP contribution is -2.52. The first kappa shape index (κ1) is 18.5. The van der Waals surface area contributed by atoms with Gasteiger partial charge in [-0.1, -0.05) is 6.55 Å². The van der Waals surface area contributed by atoms with Crippen LogP contribution in [-0.2, 0) is 4.79 Å². The van der Waals surface area contributed by atoms with E-state index in [9.17, 15) is 9.90 Å². The van der Waals surface area contributed by atoms with Crippen LogP contribution in [0, 0.1) is 0 Å². The van der Waals surface area contributed by atoms with Crippen molar-refractivity contribution >= 4 is 42.0 Å². The number of allylic oxidation sites excluding steroid dienone is 4. The smallest absolute Gasteiger partial charge is 0.303 e. The molecule has 1 aromatic rings. The summed E-state index contributed by atoms with van der Waals surface area (Å²) in [5.74, 6) is -0.702. The summed E-state index contributed by atoms with van der Waals surface area (Å²) in [5.41, 5.74) is 4.76. The van der Waals surface area contributed by atoms with Gasteiger partial charge in [0.1, 0.15) is 21.2 Å². The van der Waals surface area contributed by atoms with Crippen molar-refractivity contribution in [2.75, 3.05) is 31.1 Å². The molecule has 150 valence electrons. The van der Waals surface area contributed by atoms with E-state index >= 15 is 0 Å². The van der Waals surface area contributed by atoms with Crippen LogP contribution in [-0.4, -0.2) is 61.3 Å². The summed E-state index contributed by atoms with van der Waals surface area (Å²) in [6.07, 6.45) is 10.2. The molecule has 4 aliphatic rings. The molecule has 3 heterocycles. The highest BCUT2D eigenvalue weighted by molar-refractivity contribution is 7.02. The van der Waals surface area contributed by atoms with Gasteiger partial charge in [-0.25, -0.2) is 9.57 Å². The van der Waals surface area contributed by atoms with Gasteiger partial charge in [-0.2, -0.15) is 0 Å². The molecule has 6 heteroatoms. The SMILES string of the molecule is C[Si]1(CCCC(=O)O)C2=CC(=[N+]3CCC3)C=CC2=Nc2ccc(N3CCC3)cc21. The molecule has 0 saturated carbocycles. The Morgan fingerprint density at radius 1 is 1.24 bits per heavy atom. The Hall–Kier alpha value is -2.47. The largest absolute Gasteiger partial charge is 0.481 e. The minimum Gasteiger partial charge on any atom is -0.481 e. The van der Waals surface area contributed by atoms with Gasteiger partial charge in [0.15, 0.2) is 5.71 Å².